The van der Waals surface area contributed by atoms with Gasteiger partial charge in [0, 0.05) is 41.7 Å². The molecule has 0 fully saturated rings. The average Bonchev–Trinajstić information content (AvgIpc) is 3.23. The van der Waals surface area contributed by atoms with Crippen LogP contribution >= 0.6 is 12.4 Å². The first kappa shape index (κ1) is 20.3. The summed E-state index contributed by atoms with van der Waals surface area (Å²) in [6.07, 6.45) is 1.80. The highest BCUT2D eigenvalue weighted by molar-refractivity contribution is 6.05. The number of nitrogens with zero attached hydrogens (tertiary/aromatic N) is 2. The van der Waals surface area contributed by atoms with Crippen LogP contribution in [-0.2, 0) is 11.3 Å². The molecule has 0 saturated carbocycles. The van der Waals surface area contributed by atoms with Crippen molar-refractivity contribution < 1.29 is 13.9 Å². The Morgan fingerprint density at radius 2 is 1.77 bits per heavy atom. The number of pyridine rings is 1. The van der Waals surface area contributed by atoms with E-state index in [9.17, 15) is 0 Å². The Balaban J connectivity index is 0.00000218. The fourth-order valence-electron chi connectivity index (χ4n) is 3.98. The van der Waals surface area contributed by atoms with E-state index in [1.807, 2.05) is 42.5 Å². The Bertz CT molecular complexity index is 1350. The monoisotopic (exact) mass is 422 g/mol. The lowest BCUT2D eigenvalue weighted by Crippen LogP contribution is -2.06. The molecule has 0 saturated heterocycles. The highest BCUT2D eigenvalue weighted by Crippen LogP contribution is 2.36. The second-order valence-corrected chi connectivity index (χ2v) is 7.23. The zero-order valence-corrected chi connectivity index (χ0v) is 18.0. The molecule has 2 aromatic carbocycles. The Morgan fingerprint density at radius 1 is 0.967 bits per heavy atom. The van der Waals surface area contributed by atoms with E-state index >= 15 is 0 Å². The molecule has 0 aliphatic heterocycles. The first-order valence-electron chi connectivity index (χ1n) is 9.70. The topological polar surface area (TPSA) is 49.4 Å². The fourth-order valence-corrected chi connectivity index (χ4v) is 3.98. The molecule has 0 N–H and O–H groups in total. The molecule has 0 aliphatic carbocycles. The van der Waals surface area contributed by atoms with Gasteiger partial charge in [-0.25, -0.2) is 4.98 Å². The summed E-state index contributed by atoms with van der Waals surface area (Å²) in [4.78, 5) is 4.55. The zero-order chi connectivity index (χ0) is 20.0. The van der Waals surface area contributed by atoms with Crippen molar-refractivity contribution in [3.63, 3.8) is 0 Å². The molecule has 0 radical (unpaired) electrons. The molecule has 0 bridgehead atoms. The number of fused-ring (bicyclic) bond motifs is 4. The molecule has 6 heteroatoms. The van der Waals surface area contributed by atoms with Crippen LogP contribution in [0, 0.1) is 13.8 Å². The Labute approximate surface area is 180 Å². The minimum Gasteiger partial charge on any atom is -0.456 e. The van der Waals surface area contributed by atoms with Crippen molar-refractivity contribution in [2.75, 3.05) is 13.7 Å². The lowest BCUT2D eigenvalue weighted by Gasteiger charge is -2.11. The van der Waals surface area contributed by atoms with Crippen LogP contribution in [0.1, 0.15) is 11.3 Å². The number of benzene rings is 2. The highest BCUT2D eigenvalue weighted by Gasteiger charge is 2.17. The summed E-state index contributed by atoms with van der Waals surface area (Å²) in [6.45, 7) is 5.64. The standard InChI is InChI=1S/C24H22N2O3.ClH/c1-15-16(2)26(12-13-27-3)23-18(15)10-11-25-24(23)28-17-8-9-22-20(14-17)19-6-4-5-7-21(19)29-22;/h4-11,14H,12-13H2,1-3H3;1H. The predicted octanol–water partition coefficient (Wildman–Crippen LogP) is 6.41. The summed E-state index contributed by atoms with van der Waals surface area (Å²) in [7, 11) is 1.72. The van der Waals surface area contributed by atoms with Gasteiger partial charge >= 0.3 is 0 Å². The van der Waals surface area contributed by atoms with Crippen LogP contribution in [0.4, 0.5) is 0 Å². The van der Waals surface area contributed by atoms with Gasteiger partial charge in [0.2, 0.25) is 5.88 Å². The Hall–Kier alpha value is -3.02. The molecule has 30 heavy (non-hydrogen) atoms. The van der Waals surface area contributed by atoms with Crippen molar-refractivity contribution >= 4 is 45.2 Å². The summed E-state index contributed by atoms with van der Waals surface area (Å²) in [5.74, 6) is 1.33. The molecule has 0 amide bonds. The summed E-state index contributed by atoms with van der Waals surface area (Å²) in [5.41, 5.74) is 5.15. The van der Waals surface area contributed by atoms with Gasteiger partial charge in [0.05, 0.1) is 6.61 Å². The van der Waals surface area contributed by atoms with Crippen LogP contribution in [-0.4, -0.2) is 23.3 Å². The highest BCUT2D eigenvalue weighted by atomic mass is 35.5. The summed E-state index contributed by atoms with van der Waals surface area (Å²) in [6, 6.07) is 16.0. The number of aromatic nitrogens is 2. The Kier molecular flexibility index (Phi) is 5.41. The number of aryl methyl sites for hydroxylation is 1. The molecule has 5 aromatic rings. The van der Waals surface area contributed by atoms with Gasteiger partial charge in [-0.1, -0.05) is 18.2 Å². The Morgan fingerprint density at radius 3 is 2.60 bits per heavy atom. The number of hydrogen-bond acceptors (Lipinski definition) is 4. The molecule has 5 nitrogen and oxygen atoms in total. The van der Waals surface area contributed by atoms with Gasteiger partial charge in [0.1, 0.15) is 22.4 Å². The molecule has 154 valence electrons. The van der Waals surface area contributed by atoms with Crippen LogP contribution in [0.15, 0.2) is 59.1 Å². The number of methoxy groups -OCH3 is 1. The minimum atomic E-state index is 0. The molecule has 0 atom stereocenters. The number of furan rings is 1. The molecule has 0 unspecified atom stereocenters. The molecule has 5 rings (SSSR count). The molecule has 0 spiro atoms. The third kappa shape index (κ3) is 3.20. The van der Waals surface area contributed by atoms with Crippen molar-refractivity contribution in [1.29, 1.82) is 0 Å². The van der Waals surface area contributed by atoms with Crippen molar-refractivity contribution in [2.24, 2.45) is 0 Å². The van der Waals surface area contributed by atoms with Crippen LogP contribution in [0.2, 0.25) is 0 Å². The van der Waals surface area contributed by atoms with E-state index in [2.05, 4.69) is 29.5 Å². The van der Waals surface area contributed by atoms with Crippen molar-refractivity contribution in [1.82, 2.24) is 9.55 Å². The van der Waals surface area contributed by atoms with Crippen molar-refractivity contribution in [3.05, 3.63) is 66.0 Å². The van der Waals surface area contributed by atoms with Gasteiger partial charge in [-0.3, -0.25) is 0 Å². The maximum absolute atomic E-state index is 6.29. The van der Waals surface area contributed by atoms with Gasteiger partial charge in [-0.05, 0) is 49.7 Å². The summed E-state index contributed by atoms with van der Waals surface area (Å²) >= 11 is 0. The van der Waals surface area contributed by atoms with E-state index in [0.717, 1.165) is 45.1 Å². The number of hydrogen-bond donors (Lipinski definition) is 0. The zero-order valence-electron chi connectivity index (χ0n) is 17.1. The second-order valence-electron chi connectivity index (χ2n) is 7.23. The van der Waals surface area contributed by atoms with E-state index in [0.29, 0.717) is 12.5 Å². The number of halogens is 1. The average molecular weight is 423 g/mol. The van der Waals surface area contributed by atoms with Crippen LogP contribution in [0.5, 0.6) is 11.6 Å². The van der Waals surface area contributed by atoms with Gasteiger partial charge in [0.15, 0.2) is 0 Å². The SMILES string of the molecule is COCCn1c(C)c(C)c2ccnc(Oc3ccc4oc5ccccc5c4c3)c21.Cl. The smallest absolute Gasteiger partial charge is 0.244 e. The van der Waals surface area contributed by atoms with E-state index in [-0.39, 0.29) is 12.4 Å². The maximum atomic E-state index is 6.29. The van der Waals surface area contributed by atoms with Crippen molar-refractivity contribution in [2.45, 2.75) is 20.4 Å². The molecule has 0 aliphatic rings. The van der Waals surface area contributed by atoms with E-state index in [4.69, 9.17) is 13.9 Å². The second kappa shape index (κ2) is 8.01. The van der Waals surface area contributed by atoms with Crippen molar-refractivity contribution in [3.8, 4) is 11.6 Å². The predicted molar refractivity (Wildman–Crippen MR) is 122 cm³/mol. The van der Waals surface area contributed by atoms with Gasteiger partial charge < -0.3 is 18.5 Å². The lowest BCUT2D eigenvalue weighted by molar-refractivity contribution is 0.187. The van der Waals surface area contributed by atoms with Gasteiger partial charge in [-0.15, -0.1) is 12.4 Å². The first-order valence-corrected chi connectivity index (χ1v) is 9.70. The fraction of sp³-hybridized carbons (Fsp3) is 0.208. The maximum Gasteiger partial charge on any atom is 0.244 e. The van der Waals surface area contributed by atoms with E-state index in [1.54, 1.807) is 13.3 Å². The molecular weight excluding hydrogens is 400 g/mol. The number of para-hydroxylation sites is 1. The summed E-state index contributed by atoms with van der Waals surface area (Å²) < 4.78 is 19.7. The third-order valence-corrected chi connectivity index (χ3v) is 5.59. The third-order valence-electron chi connectivity index (χ3n) is 5.59. The van der Waals surface area contributed by atoms with Gasteiger partial charge in [0.25, 0.3) is 0 Å². The molecule has 3 heterocycles. The lowest BCUT2D eigenvalue weighted by atomic mass is 10.1. The van der Waals surface area contributed by atoms with Crippen LogP contribution in [0.25, 0.3) is 32.8 Å². The largest absolute Gasteiger partial charge is 0.456 e. The van der Waals surface area contributed by atoms with E-state index < -0.39 is 0 Å². The quantitative estimate of drug-likeness (QED) is 0.328. The normalized spacial score (nSPS) is 11.3. The molecule has 3 aromatic heterocycles. The van der Waals surface area contributed by atoms with Gasteiger partial charge in [-0.2, -0.15) is 0 Å². The van der Waals surface area contributed by atoms with Crippen LogP contribution < -0.4 is 4.74 Å². The minimum absolute atomic E-state index is 0. The summed E-state index contributed by atoms with van der Waals surface area (Å²) in [5, 5.41) is 3.26. The molecular formula is C24H23ClN2O3. The number of ether oxygens (including phenoxy) is 2. The van der Waals surface area contributed by atoms with E-state index in [1.165, 1.54) is 11.3 Å². The van der Waals surface area contributed by atoms with Crippen LogP contribution in [0.3, 0.4) is 0 Å². The number of rotatable bonds is 5. The first-order chi connectivity index (χ1) is 14.2.